The second kappa shape index (κ2) is 8.61. The minimum absolute atomic E-state index is 0.0931. The number of allylic oxidation sites excluding steroid dienone is 2. The maximum Gasteiger partial charge on any atom is 0.357 e. The summed E-state index contributed by atoms with van der Waals surface area (Å²) in [6, 6.07) is 11.5. The van der Waals surface area contributed by atoms with Crippen LogP contribution in [0.4, 0.5) is 5.69 Å². The molecule has 1 aliphatic heterocycles. The first-order valence-corrected chi connectivity index (χ1v) is 13.7. The standard InChI is InChI=1S/C29H26Cl2N4O3/c1-34-22-13-18(7-8-19(22)25(32-34)28(36)37)35-11-9-29(10-12-35)14-17(15-29)23-26(33-38-27(23)16-5-6-16)24-20(30)3-2-4-21(24)31/h2-4,7-8,13-14,16H,5-6,9-12,15H2,1H3,(H,36,37). The molecule has 3 heterocycles. The molecule has 194 valence electrons. The first-order chi connectivity index (χ1) is 18.3. The van der Waals surface area contributed by atoms with Crippen molar-refractivity contribution >= 4 is 51.3 Å². The Balaban J connectivity index is 1.14. The summed E-state index contributed by atoms with van der Waals surface area (Å²) in [4.78, 5) is 13.9. The largest absolute Gasteiger partial charge is 0.476 e. The molecule has 0 radical (unpaired) electrons. The molecule has 0 atom stereocenters. The number of hydrogen-bond donors (Lipinski definition) is 1. The number of benzene rings is 2. The van der Waals surface area contributed by atoms with Crippen molar-refractivity contribution in [1.29, 1.82) is 0 Å². The number of carboxylic acid groups (broad SMARTS) is 1. The van der Waals surface area contributed by atoms with Crippen molar-refractivity contribution in [1.82, 2.24) is 14.9 Å². The van der Waals surface area contributed by atoms with Gasteiger partial charge in [-0.2, -0.15) is 5.10 Å². The van der Waals surface area contributed by atoms with Crippen LogP contribution in [0.5, 0.6) is 0 Å². The summed E-state index contributed by atoms with van der Waals surface area (Å²) in [5, 5.41) is 19.9. The topological polar surface area (TPSA) is 84.4 Å². The number of carbonyl (C=O) groups is 1. The number of aromatic nitrogens is 3. The van der Waals surface area contributed by atoms with Crippen molar-refractivity contribution in [2.75, 3.05) is 18.0 Å². The van der Waals surface area contributed by atoms with E-state index in [2.05, 4.69) is 21.2 Å². The minimum Gasteiger partial charge on any atom is -0.476 e. The quantitative estimate of drug-likeness (QED) is 0.284. The van der Waals surface area contributed by atoms with Gasteiger partial charge < -0.3 is 14.5 Å². The molecule has 7 nitrogen and oxygen atoms in total. The number of fused-ring (bicyclic) bond motifs is 1. The van der Waals surface area contributed by atoms with Gasteiger partial charge in [-0.1, -0.05) is 40.5 Å². The summed E-state index contributed by atoms with van der Waals surface area (Å²) in [5.74, 6) is 0.392. The first-order valence-electron chi connectivity index (χ1n) is 12.9. The van der Waals surface area contributed by atoms with Crippen LogP contribution in [0.15, 0.2) is 47.0 Å². The predicted octanol–water partition coefficient (Wildman–Crippen LogP) is 7.18. The lowest BCUT2D eigenvalue weighted by molar-refractivity contribution is 0.0691. The fourth-order valence-corrected chi connectivity index (χ4v) is 6.72. The molecule has 4 aromatic rings. The molecule has 38 heavy (non-hydrogen) atoms. The minimum atomic E-state index is -1.01. The van der Waals surface area contributed by atoms with Crippen molar-refractivity contribution in [3.63, 3.8) is 0 Å². The Morgan fingerprint density at radius 2 is 1.82 bits per heavy atom. The van der Waals surface area contributed by atoms with Gasteiger partial charge in [0.25, 0.3) is 0 Å². The van der Waals surface area contributed by atoms with Gasteiger partial charge in [0.15, 0.2) is 5.69 Å². The molecule has 2 fully saturated rings. The van der Waals surface area contributed by atoms with Gasteiger partial charge in [0.2, 0.25) is 0 Å². The van der Waals surface area contributed by atoms with Crippen molar-refractivity contribution in [2.24, 2.45) is 12.5 Å². The van der Waals surface area contributed by atoms with Gasteiger partial charge in [-0.05, 0) is 73.4 Å². The van der Waals surface area contributed by atoms with Crippen molar-refractivity contribution in [2.45, 2.75) is 38.0 Å². The van der Waals surface area contributed by atoms with Gasteiger partial charge in [-0.25, -0.2) is 4.79 Å². The number of halogens is 2. The maximum atomic E-state index is 11.5. The van der Waals surface area contributed by atoms with E-state index >= 15 is 0 Å². The molecular formula is C29H26Cl2N4O3. The Morgan fingerprint density at radius 3 is 2.47 bits per heavy atom. The van der Waals surface area contributed by atoms with Crippen LogP contribution < -0.4 is 4.90 Å². The monoisotopic (exact) mass is 548 g/mol. The van der Waals surface area contributed by atoms with Gasteiger partial charge in [0.05, 0.1) is 15.6 Å². The zero-order valence-electron chi connectivity index (χ0n) is 20.9. The molecule has 1 N–H and O–H groups in total. The Morgan fingerprint density at radius 1 is 1.11 bits per heavy atom. The van der Waals surface area contributed by atoms with Crippen LogP contribution >= 0.6 is 23.2 Å². The van der Waals surface area contributed by atoms with Crippen LogP contribution in [0.3, 0.4) is 0 Å². The maximum absolute atomic E-state index is 11.5. The molecule has 3 aliphatic rings. The third-order valence-corrected chi connectivity index (χ3v) is 9.00. The highest BCUT2D eigenvalue weighted by atomic mass is 35.5. The van der Waals surface area contributed by atoms with E-state index in [1.54, 1.807) is 11.7 Å². The van der Waals surface area contributed by atoms with E-state index in [1.165, 1.54) is 5.57 Å². The van der Waals surface area contributed by atoms with E-state index < -0.39 is 5.97 Å². The molecular weight excluding hydrogens is 523 g/mol. The molecule has 0 bridgehead atoms. The predicted molar refractivity (Wildman–Crippen MR) is 148 cm³/mol. The van der Waals surface area contributed by atoms with Crippen LogP contribution in [0.25, 0.3) is 27.7 Å². The van der Waals surface area contributed by atoms with Gasteiger partial charge in [0, 0.05) is 48.3 Å². The molecule has 0 unspecified atom stereocenters. The number of nitrogens with zero attached hydrogens (tertiary/aromatic N) is 4. The van der Waals surface area contributed by atoms with E-state index in [-0.39, 0.29) is 11.1 Å². The Labute approximate surface area is 229 Å². The highest BCUT2D eigenvalue weighted by Gasteiger charge is 2.44. The normalized spacial score (nSPS) is 18.6. The SMILES string of the molecule is Cn1nc(C(=O)O)c2ccc(N3CCC4(C=C(c5c(-c6c(Cl)cccc6Cl)noc5C5CC5)C4)CC3)cc21. The average Bonchev–Trinajstić information content (AvgIpc) is 3.56. The molecule has 7 rings (SSSR count). The summed E-state index contributed by atoms with van der Waals surface area (Å²) < 4.78 is 7.54. The smallest absolute Gasteiger partial charge is 0.357 e. The summed E-state index contributed by atoms with van der Waals surface area (Å²) in [6.07, 6.45) is 7.76. The average molecular weight is 549 g/mol. The van der Waals surface area contributed by atoms with E-state index in [0.29, 0.717) is 21.3 Å². The zero-order valence-corrected chi connectivity index (χ0v) is 22.4. The second-order valence-electron chi connectivity index (χ2n) is 10.8. The molecule has 1 spiro atoms. The molecule has 2 aromatic heterocycles. The third-order valence-electron chi connectivity index (χ3n) is 8.37. The number of piperidine rings is 1. The fourth-order valence-electron chi connectivity index (χ4n) is 6.14. The lowest BCUT2D eigenvalue weighted by Crippen LogP contribution is -2.42. The van der Waals surface area contributed by atoms with Crippen molar-refractivity contribution in [3.05, 3.63) is 69.5 Å². The van der Waals surface area contributed by atoms with E-state index in [9.17, 15) is 9.90 Å². The molecule has 9 heteroatoms. The summed E-state index contributed by atoms with van der Waals surface area (Å²) >= 11 is 13.1. The zero-order chi connectivity index (χ0) is 26.2. The summed E-state index contributed by atoms with van der Waals surface area (Å²) in [7, 11) is 1.79. The number of aryl methyl sites for hydroxylation is 1. The molecule has 0 amide bonds. The Kier molecular flexibility index (Phi) is 5.39. The lowest BCUT2D eigenvalue weighted by atomic mass is 9.63. The van der Waals surface area contributed by atoms with Gasteiger partial charge in [-0.3, -0.25) is 4.68 Å². The first kappa shape index (κ1) is 23.8. The fraction of sp³-hybridized carbons (Fsp3) is 0.345. The number of rotatable bonds is 5. The van der Waals surface area contributed by atoms with E-state index in [4.69, 9.17) is 27.7 Å². The lowest BCUT2D eigenvalue weighted by Gasteiger charge is -2.47. The van der Waals surface area contributed by atoms with Crippen LogP contribution in [0, 0.1) is 5.41 Å². The van der Waals surface area contributed by atoms with Crippen molar-refractivity contribution in [3.8, 4) is 11.3 Å². The van der Waals surface area contributed by atoms with E-state index in [0.717, 1.165) is 79.0 Å². The summed E-state index contributed by atoms with van der Waals surface area (Å²) in [6.45, 7) is 1.86. The van der Waals surface area contributed by atoms with Gasteiger partial charge >= 0.3 is 5.97 Å². The summed E-state index contributed by atoms with van der Waals surface area (Å²) in [5.41, 5.74) is 6.06. The molecule has 2 aromatic carbocycles. The van der Waals surface area contributed by atoms with E-state index in [1.807, 2.05) is 36.4 Å². The van der Waals surface area contributed by atoms with Crippen molar-refractivity contribution < 1.29 is 14.4 Å². The second-order valence-corrected chi connectivity index (χ2v) is 11.6. The van der Waals surface area contributed by atoms with Crippen LogP contribution in [0.2, 0.25) is 10.0 Å². The molecule has 2 aliphatic carbocycles. The van der Waals surface area contributed by atoms with Crippen LogP contribution in [-0.4, -0.2) is 39.1 Å². The third kappa shape index (κ3) is 3.75. The number of hydrogen-bond acceptors (Lipinski definition) is 5. The van der Waals surface area contributed by atoms with Gasteiger partial charge in [-0.15, -0.1) is 0 Å². The van der Waals surface area contributed by atoms with Gasteiger partial charge in [0.1, 0.15) is 11.5 Å². The van der Waals surface area contributed by atoms with Crippen LogP contribution in [-0.2, 0) is 7.05 Å². The highest BCUT2D eigenvalue weighted by molar-refractivity contribution is 6.39. The number of anilines is 1. The number of aromatic carboxylic acids is 1. The Hall–Kier alpha value is -3.29. The number of carboxylic acids is 1. The highest BCUT2D eigenvalue weighted by Crippen LogP contribution is 2.56. The molecule has 1 saturated heterocycles. The molecule has 1 saturated carbocycles. The van der Waals surface area contributed by atoms with Crippen LogP contribution in [0.1, 0.15) is 59.8 Å². The Bertz CT molecular complexity index is 1620.